The second-order valence-corrected chi connectivity index (χ2v) is 17.2. The van der Waals surface area contributed by atoms with Crippen molar-refractivity contribution in [3.8, 4) is 56.4 Å². The number of nitrogens with zero attached hydrogens (tertiary/aromatic N) is 2. The van der Waals surface area contributed by atoms with E-state index in [-0.39, 0.29) is 0 Å². The molecule has 2 aliphatic rings. The molecule has 1 aromatic heterocycles. The number of rotatable bonds is 7. The molecule has 0 fully saturated rings. The van der Waals surface area contributed by atoms with Gasteiger partial charge in [0.1, 0.15) is 28.6 Å². The van der Waals surface area contributed by atoms with Gasteiger partial charge in [0.15, 0.2) is 5.58 Å². The van der Waals surface area contributed by atoms with Gasteiger partial charge in [-0.1, -0.05) is 127 Å². The summed E-state index contributed by atoms with van der Waals surface area (Å²) in [5.41, 5.74) is 14.2. The summed E-state index contributed by atoms with van der Waals surface area (Å²) in [7, 11) is 0. The van der Waals surface area contributed by atoms with E-state index in [2.05, 4.69) is 228 Å². The summed E-state index contributed by atoms with van der Waals surface area (Å²) in [5.74, 6) is 3.21. The van der Waals surface area contributed by atoms with E-state index in [0.717, 1.165) is 123 Å². The Hall–Kier alpha value is -9.06. The second-order valence-electron chi connectivity index (χ2n) is 17.2. The first-order valence-corrected chi connectivity index (χ1v) is 22.6. The third-order valence-corrected chi connectivity index (χ3v) is 13.4. The van der Waals surface area contributed by atoms with E-state index in [1.165, 1.54) is 10.8 Å². The molecule has 0 unspecified atom stereocenters. The summed E-state index contributed by atoms with van der Waals surface area (Å²) in [6.07, 6.45) is 0. The average molecular weight is 859 g/mol. The number of ether oxygens (including phenoxy) is 2. The van der Waals surface area contributed by atoms with Gasteiger partial charge >= 0.3 is 0 Å². The van der Waals surface area contributed by atoms with Crippen molar-refractivity contribution < 1.29 is 13.9 Å². The first-order valence-electron chi connectivity index (χ1n) is 22.6. The Morgan fingerprint density at radius 2 is 0.791 bits per heavy atom. The molecule has 314 valence electrons. The topological polar surface area (TPSA) is 38.1 Å². The van der Waals surface area contributed by atoms with Gasteiger partial charge in [-0.3, -0.25) is 0 Å². The van der Waals surface area contributed by atoms with E-state index in [1.54, 1.807) is 0 Å². The van der Waals surface area contributed by atoms with Crippen LogP contribution in [0.4, 0.5) is 34.1 Å². The standard InChI is InChI=1S/C62H38N2O3/c1-4-15-40(16-5-1)47-22-12-23-52-53-24-13-25-54(62(53)67-61(47)52)64(43-20-8-3-9-21-43)46-29-31-49-51-33-34-55-59-50(32-35-56(60(51)59)66-58(49)38-46)48-30-28-45(37-57(48)65-55)63(42-18-6-2-7-19-42)44-27-26-39-14-10-11-17-41(39)36-44/h1-38H. The molecular formula is C62H38N2O3. The number of fused-ring (bicyclic) bond motifs is 8. The van der Waals surface area contributed by atoms with Gasteiger partial charge in [-0.15, -0.1) is 0 Å². The normalized spacial score (nSPS) is 12.1. The van der Waals surface area contributed by atoms with Gasteiger partial charge in [0, 0.05) is 73.1 Å². The highest BCUT2D eigenvalue weighted by atomic mass is 16.5. The highest BCUT2D eigenvalue weighted by molar-refractivity contribution is 6.16. The molecule has 0 spiro atoms. The quantitative estimate of drug-likeness (QED) is 0.160. The Morgan fingerprint density at radius 3 is 1.45 bits per heavy atom. The second kappa shape index (κ2) is 14.7. The molecule has 12 aromatic rings. The average Bonchev–Trinajstić information content (AvgIpc) is 3.78. The van der Waals surface area contributed by atoms with Crippen LogP contribution >= 0.6 is 0 Å². The van der Waals surface area contributed by atoms with Crippen molar-refractivity contribution >= 4 is 77.6 Å². The number of anilines is 6. The number of para-hydroxylation sites is 4. The number of furan rings is 1. The largest absolute Gasteiger partial charge is 0.456 e. The molecule has 5 heteroatoms. The molecule has 14 rings (SSSR count). The minimum atomic E-state index is 0.786. The molecule has 0 amide bonds. The zero-order valence-corrected chi connectivity index (χ0v) is 36.1. The van der Waals surface area contributed by atoms with Crippen molar-refractivity contribution in [2.24, 2.45) is 0 Å². The van der Waals surface area contributed by atoms with Gasteiger partial charge in [0.2, 0.25) is 0 Å². The zero-order chi connectivity index (χ0) is 44.0. The molecule has 0 atom stereocenters. The fourth-order valence-electron chi connectivity index (χ4n) is 10.4. The van der Waals surface area contributed by atoms with Crippen molar-refractivity contribution in [2.75, 3.05) is 9.80 Å². The molecular weight excluding hydrogens is 821 g/mol. The molecule has 11 aromatic carbocycles. The van der Waals surface area contributed by atoms with E-state index in [1.807, 2.05) is 12.1 Å². The van der Waals surface area contributed by atoms with Crippen LogP contribution < -0.4 is 19.3 Å². The highest BCUT2D eigenvalue weighted by Gasteiger charge is 2.30. The van der Waals surface area contributed by atoms with Crippen molar-refractivity contribution in [1.82, 2.24) is 0 Å². The van der Waals surface area contributed by atoms with Gasteiger partial charge in [-0.25, -0.2) is 0 Å². The van der Waals surface area contributed by atoms with Crippen LogP contribution in [0.5, 0.6) is 23.0 Å². The maximum Gasteiger partial charge on any atom is 0.159 e. The third-order valence-electron chi connectivity index (χ3n) is 13.4. The SMILES string of the molecule is c1ccc(-c2cccc3c2oc2c(N(c4ccccc4)c4ccc5c(c4)Oc4ccc6c7c(ccc-5c47)Oc4cc(N(c5ccccc5)c5ccc7ccccc7c5)ccc4-6)cccc23)cc1. The lowest BCUT2D eigenvalue weighted by Gasteiger charge is -2.30. The lowest BCUT2D eigenvalue weighted by atomic mass is 9.88. The van der Waals surface area contributed by atoms with Gasteiger partial charge < -0.3 is 23.7 Å². The summed E-state index contributed by atoms with van der Waals surface area (Å²) in [5, 5.41) is 6.65. The maximum atomic E-state index is 6.95. The molecule has 0 aliphatic carbocycles. The highest BCUT2D eigenvalue weighted by Crippen LogP contribution is 2.57. The lowest BCUT2D eigenvalue weighted by molar-refractivity contribution is 0.480. The van der Waals surface area contributed by atoms with E-state index < -0.39 is 0 Å². The Kier molecular flexibility index (Phi) is 8.21. The Labute approximate surface area is 386 Å². The van der Waals surface area contributed by atoms with Crippen molar-refractivity contribution in [3.05, 3.63) is 231 Å². The molecule has 0 saturated carbocycles. The van der Waals surface area contributed by atoms with E-state index in [0.29, 0.717) is 0 Å². The Morgan fingerprint density at radius 1 is 0.284 bits per heavy atom. The van der Waals surface area contributed by atoms with Crippen LogP contribution in [0.2, 0.25) is 0 Å². The minimum absolute atomic E-state index is 0.786. The first-order chi connectivity index (χ1) is 33.2. The predicted molar refractivity (Wildman–Crippen MR) is 275 cm³/mol. The summed E-state index contributed by atoms with van der Waals surface area (Å²) < 4.78 is 20.8. The van der Waals surface area contributed by atoms with Crippen LogP contribution in [-0.2, 0) is 0 Å². The minimum Gasteiger partial charge on any atom is -0.456 e. The van der Waals surface area contributed by atoms with Crippen LogP contribution in [0.15, 0.2) is 235 Å². The van der Waals surface area contributed by atoms with Crippen molar-refractivity contribution in [2.45, 2.75) is 0 Å². The molecule has 67 heavy (non-hydrogen) atoms. The van der Waals surface area contributed by atoms with Crippen molar-refractivity contribution in [3.63, 3.8) is 0 Å². The molecule has 2 aliphatic heterocycles. The summed E-state index contributed by atoms with van der Waals surface area (Å²) in [4.78, 5) is 4.56. The summed E-state index contributed by atoms with van der Waals surface area (Å²) >= 11 is 0. The predicted octanol–water partition coefficient (Wildman–Crippen LogP) is 18.0. The van der Waals surface area contributed by atoms with Crippen LogP contribution in [0.25, 0.3) is 76.9 Å². The van der Waals surface area contributed by atoms with E-state index in [9.17, 15) is 0 Å². The van der Waals surface area contributed by atoms with Crippen molar-refractivity contribution in [1.29, 1.82) is 0 Å². The summed E-state index contributed by atoms with van der Waals surface area (Å²) in [6, 6.07) is 81.1. The van der Waals surface area contributed by atoms with Crippen LogP contribution in [0.1, 0.15) is 0 Å². The third kappa shape index (κ3) is 5.88. The molecule has 3 heterocycles. The molecule has 0 N–H and O–H groups in total. The van der Waals surface area contributed by atoms with Gasteiger partial charge in [-0.2, -0.15) is 0 Å². The zero-order valence-electron chi connectivity index (χ0n) is 36.1. The number of hydrogen-bond donors (Lipinski definition) is 0. The lowest BCUT2D eigenvalue weighted by Crippen LogP contribution is -2.11. The maximum absolute atomic E-state index is 6.95. The number of benzene rings is 11. The molecule has 0 radical (unpaired) electrons. The van der Waals surface area contributed by atoms with Crippen LogP contribution in [-0.4, -0.2) is 0 Å². The smallest absolute Gasteiger partial charge is 0.159 e. The Balaban J connectivity index is 0.867. The summed E-state index contributed by atoms with van der Waals surface area (Å²) in [6.45, 7) is 0. The van der Waals surface area contributed by atoms with Gasteiger partial charge in [-0.05, 0) is 118 Å². The molecule has 0 saturated heterocycles. The monoisotopic (exact) mass is 858 g/mol. The van der Waals surface area contributed by atoms with Crippen LogP contribution in [0.3, 0.4) is 0 Å². The fraction of sp³-hybridized carbons (Fsp3) is 0. The van der Waals surface area contributed by atoms with Crippen LogP contribution in [0, 0.1) is 0 Å². The van der Waals surface area contributed by atoms with Gasteiger partial charge in [0.25, 0.3) is 0 Å². The van der Waals surface area contributed by atoms with Gasteiger partial charge in [0.05, 0.1) is 11.4 Å². The van der Waals surface area contributed by atoms with E-state index >= 15 is 0 Å². The number of hydrogen-bond acceptors (Lipinski definition) is 5. The fourth-order valence-corrected chi connectivity index (χ4v) is 10.4. The molecule has 5 nitrogen and oxygen atoms in total. The molecule has 0 bridgehead atoms. The first kappa shape index (κ1) is 37.3. The van der Waals surface area contributed by atoms with E-state index in [4.69, 9.17) is 13.9 Å². The Bertz CT molecular complexity index is 3940.